The van der Waals surface area contributed by atoms with E-state index in [-0.39, 0.29) is 10.3 Å². The van der Waals surface area contributed by atoms with Crippen molar-refractivity contribution in [2.75, 3.05) is 18.4 Å². The fraction of sp³-hybridized carbons (Fsp3) is 0.286. The van der Waals surface area contributed by atoms with E-state index in [9.17, 15) is 0 Å². The van der Waals surface area contributed by atoms with Gasteiger partial charge >= 0.3 is 0 Å². The van der Waals surface area contributed by atoms with Gasteiger partial charge < -0.3 is 10.6 Å². The molecular formula is C7H7Cl2N5. The highest BCUT2D eigenvalue weighted by Gasteiger charge is 2.11. The van der Waals surface area contributed by atoms with Crippen LogP contribution >= 0.6 is 23.2 Å². The number of hydrogen-bond acceptors (Lipinski definition) is 5. The molecule has 0 atom stereocenters. The van der Waals surface area contributed by atoms with Crippen LogP contribution in [0.5, 0.6) is 0 Å². The van der Waals surface area contributed by atoms with Crippen LogP contribution in [0.3, 0.4) is 0 Å². The molecule has 2 heterocycles. The van der Waals surface area contributed by atoms with Gasteiger partial charge in [0.25, 0.3) is 0 Å². The number of aliphatic imine (C=N–C) groups is 1. The van der Waals surface area contributed by atoms with Crippen molar-refractivity contribution in [3.05, 3.63) is 16.6 Å². The van der Waals surface area contributed by atoms with Crippen LogP contribution in [0.2, 0.25) is 10.3 Å². The van der Waals surface area contributed by atoms with Gasteiger partial charge in [-0.1, -0.05) is 23.2 Å². The maximum atomic E-state index is 5.83. The Bertz CT molecular complexity index is 358. The van der Waals surface area contributed by atoms with E-state index in [2.05, 4.69) is 25.6 Å². The lowest BCUT2D eigenvalue weighted by Gasteiger charge is -2.08. The highest BCUT2D eigenvalue weighted by molar-refractivity contribution is 6.38. The topological polar surface area (TPSA) is 62.2 Å². The van der Waals surface area contributed by atoms with Gasteiger partial charge in [0.05, 0.1) is 6.54 Å². The number of nitrogens with one attached hydrogen (secondary N) is 2. The van der Waals surface area contributed by atoms with Crippen LogP contribution in [0.15, 0.2) is 11.3 Å². The molecule has 0 fully saturated rings. The molecule has 0 aromatic carbocycles. The van der Waals surface area contributed by atoms with Crippen LogP contribution in [0.1, 0.15) is 0 Å². The van der Waals surface area contributed by atoms with Gasteiger partial charge in [0.15, 0.2) is 16.3 Å². The molecule has 0 unspecified atom stereocenters. The maximum Gasteiger partial charge on any atom is 0.196 e. The zero-order valence-corrected chi connectivity index (χ0v) is 8.60. The third kappa shape index (κ3) is 1.88. The fourth-order valence-electron chi connectivity index (χ4n) is 1.05. The monoisotopic (exact) mass is 231 g/mol. The van der Waals surface area contributed by atoms with Gasteiger partial charge in [-0.3, -0.25) is 4.99 Å². The molecule has 1 aromatic rings. The molecule has 0 amide bonds. The smallest absolute Gasteiger partial charge is 0.196 e. The minimum atomic E-state index is 0.279. The van der Waals surface area contributed by atoms with Crippen LogP contribution in [0.4, 0.5) is 5.69 Å². The van der Waals surface area contributed by atoms with E-state index in [4.69, 9.17) is 23.2 Å². The molecule has 1 aliphatic heterocycles. The average molecular weight is 232 g/mol. The first-order valence-electron chi connectivity index (χ1n) is 3.98. The summed E-state index contributed by atoms with van der Waals surface area (Å²) in [5.74, 6) is 0.642. The van der Waals surface area contributed by atoms with E-state index < -0.39 is 0 Å². The first-order valence-corrected chi connectivity index (χ1v) is 4.74. The van der Waals surface area contributed by atoms with Crippen LogP contribution in [0, 0.1) is 0 Å². The summed E-state index contributed by atoms with van der Waals surface area (Å²) in [7, 11) is 0. The Morgan fingerprint density at radius 3 is 2.57 bits per heavy atom. The maximum absolute atomic E-state index is 5.83. The Morgan fingerprint density at radius 2 is 2.00 bits per heavy atom. The van der Waals surface area contributed by atoms with Gasteiger partial charge in [0.1, 0.15) is 12.0 Å². The van der Waals surface area contributed by atoms with E-state index in [0.717, 1.165) is 13.1 Å². The van der Waals surface area contributed by atoms with Crippen molar-refractivity contribution in [1.82, 2.24) is 15.3 Å². The molecule has 0 bridgehead atoms. The Hall–Kier alpha value is -1.07. The molecule has 0 saturated heterocycles. The van der Waals surface area contributed by atoms with E-state index in [1.165, 1.54) is 6.33 Å². The molecule has 7 heteroatoms. The molecular weight excluding hydrogens is 225 g/mol. The lowest BCUT2D eigenvalue weighted by molar-refractivity contribution is 0.959. The number of aromatic nitrogens is 2. The lowest BCUT2D eigenvalue weighted by Crippen LogP contribution is -2.26. The Morgan fingerprint density at radius 1 is 1.29 bits per heavy atom. The summed E-state index contributed by atoms with van der Waals surface area (Å²) >= 11 is 11.7. The Kier molecular flexibility index (Phi) is 2.69. The predicted molar refractivity (Wildman–Crippen MR) is 56.0 cm³/mol. The molecule has 74 valence electrons. The van der Waals surface area contributed by atoms with E-state index in [1.807, 2.05) is 0 Å². The van der Waals surface area contributed by atoms with Crippen molar-refractivity contribution in [3.63, 3.8) is 0 Å². The number of guanidine groups is 1. The van der Waals surface area contributed by atoms with E-state index >= 15 is 0 Å². The van der Waals surface area contributed by atoms with Crippen molar-refractivity contribution in [2.45, 2.75) is 0 Å². The fourth-order valence-corrected chi connectivity index (χ4v) is 1.46. The summed E-state index contributed by atoms with van der Waals surface area (Å²) in [5.41, 5.74) is 0.476. The van der Waals surface area contributed by atoms with Crippen molar-refractivity contribution < 1.29 is 0 Å². The standard InChI is InChI=1S/C7H7Cl2N5/c8-5-4(6(9)13-3-12-5)14-7-10-1-2-11-7/h3H,1-2H2,(H2,10,11,14). The highest BCUT2D eigenvalue weighted by Crippen LogP contribution is 2.25. The average Bonchev–Trinajstić information content (AvgIpc) is 2.64. The first kappa shape index (κ1) is 9.48. The van der Waals surface area contributed by atoms with Crippen molar-refractivity contribution in [1.29, 1.82) is 0 Å². The Balaban J connectivity index is 2.23. The number of rotatable bonds is 1. The number of halogens is 2. The molecule has 0 spiro atoms. The normalized spacial score (nSPS) is 14.9. The quantitative estimate of drug-likeness (QED) is 0.713. The third-order valence-electron chi connectivity index (χ3n) is 1.67. The number of anilines is 1. The minimum Gasteiger partial charge on any atom is -0.354 e. The summed E-state index contributed by atoms with van der Waals surface area (Å²) in [6.07, 6.45) is 1.31. The van der Waals surface area contributed by atoms with Gasteiger partial charge in [-0.2, -0.15) is 0 Å². The minimum absolute atomic E-state index is 0.279. The second-order valence-corrected chi connectivity index (χ2v) is 3.33. The van der Waals surface area contributed by atoms with Crippen molar-refractivity contribution in [2.24, 2.45) is 4.99 Å². The zero-order chi connectivity index (χ0) is 9.97. The zero-order valence-electron chi connectivity index (χ0n) is 7.09. The molecule has 5 nitrogen and oxygen atoms in total. The third-order valence-corrected chi connectivity index (χ3v) is 2.25. The van der Waals surface area contributed by atoms with Crippen LogP contribution in [-0.2, 0) is 0 Å². The molecule has 2 rings (SSSR count). The van der Waals surface area contributed by atoms with Crippen molar-refractivity contribution >= 4 is 34.8 Å². The van der Waals surface area contributed by atoms with Gasteiger partial charge in [-0.15, -0.1) is 0 Å². The summed E-state index contributed by atoms with van der Waals surface area (Å²) < 4.78 is 0. The lowest BCUT2D eigenvalue weighted by atomic mass is 10.5. The SMILES string of the molecule is Clc1ncnc(Cl)c1NC1=NCCN1. The van der Waals surface area contributed by atoms with E-state index in [0.29, 0.717) is 11.6 Å². The summed E-state index contributed by atoms with van der Waals surface area (Å²) in [6.45, 7) is 1.55. The summed E-state index contributed by atoms with van der Waals surface area (Å²) in [6, 6.07) is 0. The van der Waals surface area contributed by atoms with Crippen molar-refractivity contribution in [3.8, 4) is 0 Å². The van der Waals surface area contributed by atoms with E-state index in [1.54, 1.807) is 0 Å². The summed E-state index contributed by atoms with van der Waals surface area (Å²) in [5, 5.41) is 6.51. The second-order valence-electron chi connectivity index (χ2n) is 2.61. The Labute approximate surface area is 90.6 Å². The van der Waals surface area contributed by atoms with Gasteiger partial charge in [0.2, 0.25) is 0 Å². The predicted octanol–water partition coefficient (Wildman–Crippen LogP) is 1.15. The van der Waals surface area contributed by atoms with Gasteiger partial charge in [-0.25, -0.2) is 9.97 Å². The second kappa shape index (κ2) is 3.98. The highest BCUT2D eigenvalue weighted by atomic mass is 35.5. The van der Waals surface area contributed by atoms with Gasteiger partial charge in [-0.05, 0) is 0 Å². The van der Waals surface area contributed by atoms with Crippen LogP contribution in [0.25, 0.3) is 0 Å². The molecule has 0 saturated carbocycles. The molecule has 0 aliphatic carbocycles. The molecule has 1 aromatic heterocycles. The van der Waals surface area contributed by atoms with Gasteiger partial charge in [0, 0.05) is 6.54 Å². The molecule has 2 N–H and O–H groups in total. The largest absolute Gasteiger partial charge is 0.354 e. The van der Waals surface area contributed by atoms with Crippen LogP contribution in [-0.4, -0.2) is 29.0 Å². The van der Waals surface area contributed by atoms with Crippen LogP contribution < -0.4 is 10.6 Å². The molecule has 1 aliphatic rings. The molecule has 0 radical (unpaired) electrons. The number of nitrogens with zero attached hydrogens (tertiary/aromatic N) is 3. The first-order chi connectivity index (χ1) is 6.77. The number of hydrogen-bond donors (Lipinski definition) is 2. The molecule has 14 heavy (non-hydrogen) atoms. The summed E-state index contributed by atoms with van der Waals surface area (Å²) in [4.78, 5) is 11.7.